The Kier molecular flexibility index (Phi) is 7.00. The third-order valence-corrected chi connectivity index (χ3v) is 5.81. The molecular weight excluding hydrogens is 420 g/mol. The van der Waals surface area contributed by atoms with Crippen LogP contribution in [-0.2, 0) is 11.3 Å². The van der Waals surface area contributed by atoms with Crippen LogP contribution in [0.1, 0.15) is 22.6 Å². The largest absolute Gasteiger partial charge is 0.325 e. The van der Waals surface area contributed by atoms with Gasteiger partial charge in [0.25, 0.3) is 0 Å². The number of likely N-dealkylation sites (N-methyl/N-ethyl adjacent to an activating group) is 2. The number of aliphatic imine (C=N–C) groups is 1. The summed E-state index contributed by atoms with van der Waals surface area (Å²) in [6.07, 6.45) is 0. The van der Waals surface area contributed by atoms with Crippen molar-refractivity contribution < 1.29 is 4.79 Å². The molecule has 164 valence electrons. The summed E-state index contributed by atoms with van der Waals surface area (Å²) >= 11 is 6.14. The van der Waals surface area contributed by atoms with E-state index in [0.717, 1.165) is 47.8 Å². The molecule has 1 atom stereocenters. The maximum absolute atomic E-state index is 13.0. The molecule has 0 aromatic heterocycles. The number of nitrogens with one attached hydrogen (secondary N) is 2. The molecule has 0 fully saturated rings. The smallest absolute Gasteiger partial charge is 0.238 e. The molecule has 32 heavy (non-hydrogen) atoms. The predicted molar refractivity (Wildman–Crippen MR) is 132 cm³/mol. The second-order valence-electron chi connectivity index (χ2n) is 8.02. The van der Waals surface area contributed by atoms with E-state index >= 15 is 0 Å². The molecule has 0 saturated carbocycles. The van der Waals surface area contributed by atoms with Gasteiger partial charge >= 0.3 is 0 Å². The molecule has 0 spiro atoms. The summed E-state index contributed by atoms with van der Waals surface area (Å²) in [7, 11) is 4.07. The van der Waals surface area contributed by atoms with Crippen LogP contribution in [0.2, 0.25) is 5.02 Å². The molecule has 0 aliphatic carbocycles. The number of amides is 1. The summed E-state index contributed by atoms with van der Waals surface area (Å²) in [4.78, 5) is 20.2. The minimum atomic E-state index is -0.489. The molecule has 4 rings (SSSR count). The number of benzene rings is 3. The number of nitrogens with zero attached hydrogens (tertiary/aromatic N) is 2. The van der Waals surface area contributed by atoms with Crippen LogP contribution < -0.4 is 10.6 Å². The Morgan fingerprint density at radius 1 is 1.09 bits per heavy atom. The lowest BCUT2D eigenvalue weighted by Crippen LogP contribution is -2.26. The summed E-state index contributed by atoms with van der Waals surface area (Å²) in [5.41, 5.74) is 5.33. The average Bonchev–Trinajstić information content (AvgIpc) is 3.12. The maximum atomic E-state index is 13.0. The lowest BCUT2D eigenvalue weighted by molar-refractivity contribution is -0.115. The van der Waals surface area contributed by atoms with Crippen molar-refractivity contribution in [1.82, 2.24) is 10.2 Å². The summed E-state index contributed by atoms with van der Waals surface area (Å²) in [5.74, 6) is -0.579. The lowest BCUT2D eigenvalue weighted by atomic mass is 9.90. The first-order chi connectivity index (χ1) is 15.5. The van der Waals surface area contributed by atoms with Crippen LogP contribution in [0.25, 0.3) is 0 Å². The van der Waals surface area contributed by atoms with E-state index in [-0.39, 0.29) is 5.91 Å². The molecule has 3 aromatic rings. The molecule has 1 heterocycles. The van der Waals surface area contributed by atoms with Crippen molar-refractivity contribution in [2.75, 3.05) is 32.5 Å². The van der Waals surface area contributed by atoms with E-state index in [9.17, 15) is 4.79 Å². The number of anilines is 1. The number of carbonyl (C=O) groups is 1. The molecule has 1 unspecified atom stereocenters. The molecule has 1 aliphatic rings. The number of hydrogen-bond donors (Lipinski definition) is 2. The summed E-state index contributed by atoms with van der Waals surface area (Å²) in [5, 5.41) is 6.72. The van der Waals surface area contributed by atoms with Gasteiger partial charge in [-0.1, -0.05) is 60.1 Å². The molecule has 0 saturated heterocycles. The normalized spacial score (nSPS) is 15.7. The molecule has 1 amide bonds. The fraction of sp³-hybridized carbons (Fsp3) is 0.231. The predicted octanol–water partition coefficient (Wildman–Crippen LogP) is 4.85. The highest BCUT2D eigenvalue weighted by Gasteiger charge is 2.35. The molecule has 2 N–H and O–H groups in total. The molecular formula is C26H27ClN4O. The average molecular weight is 447 g/mol. The first kappa shape index (κ1) is 22.2. The zero-order valence-electron chi connectivity index (χ0n) is 18.3. The second kappa shape index (κ2) is 10.1. The first-order valence-corrected chi connectivity index (χ1v) is 11.1. The Morgan fingerprint density at radius 2 is 1.84 bits per heavy atom. The fourth-order valence-electron chi connectivity index (χ4n) is 3.92. The third kappa shape index (κ3) is 5.07. The van der Waals surface area contributed by atoms with Gasteiger partial charge < -0.3 is 15.5 Å². The van der Waals surface area contributed by atoms with Gasteiger partial charge in [0.05, 0.1) is 11.4 Å². The molecule has 6 heteroatoms. The number of fused-ring (bicyclic) bond motifs is 1. The van der Waals surface area contributed by atoms with E-state index < -0.39 is 5.92 Å². The SMILES string of the molecule is CNCCN(C)Cc1ccc(N=C(c2ccccc2)C2C(=O)Nc3cc(Cl)ccc32)cc1. The van der Waals surface area contributed by atoms with Crippen molar-refractivity contribution in [3.05, 3.63) is 94.5 Å². The van der Waals surface area contributed by atoms with Crippen molar-refractivity contribution in [2.45, 2.75) is 12.5 Å². The zero-order valence-corrected chi connectivity index (χ0v) is 19.1. The van der Waals surface area contributed by atoms with Gasteiger partial charge in [-0.3, -0.25) is 9.79 Å². The number of hydrogen-bond acceptors (Lipinski definition) is 4. The fourth-order valence-corrected chi connectivity index (χ4v) is 4.09. The van der Waals surface area contributed by atoms with Crippen molar-refractivity contribution in [3.8, 4) is 0 Å². The second-order valence-corrected chi connectivity index (χ2v) is 8.46. The maximum Gasteiger partial charge on any atom is 0.238 e. The molecule has 3 aromatic carbocycles. The van der Waals surface area contributed by atoms with Crippen LogP contribution >= 0.6 is 11.6 Å². The van der Waals surface area contributed by atoms with Crippen LogP contribution in [0.4, 0.5) is 11.4 Å². The zero-order chi connectivity index (χ0) is 22.5. The van der Waals surface area contributed by atoms with Gasteiger partial charge in [0.1, 0.15) is 5.92 Å². The van der Waals surface area contributed by atoms with Crippen molar-refractivity contribution in [1.29, 1.82) is 0 Å². The number of rotatable bonds is 8. The number of halogens is 1. The van der Waals surface area contributed by atoms with Crippen molar-refractivity contribution in [3.63, 3.8) is 0 Å². The standard InChI is InChI=1S/C26H27ClN4O/c1-28-14-15-31(2)17-18-8-11-21(12-9-18)29-25(19-6-4-3-5-7-19)24-22-13-10-20(27)16-23(22)30-26(24)32/h3-13,16,24,28H,14-15,17H2,1-2H3,(H,30,32). The van der Waals surface area contributed by atoms with E-state index in [0.29, 0.717) is 5.02 Å². The van der Waals surface area contributed by atoms with E-state index in [4.69, 9.17) is 16.6 Å². The molecule has 0 radical (unpaired) electrons. The van der Waals surface area contributed by atoms with Gasteiger partial charge in [0.15, 0.2) is 0 Å². The van der Waals surface area contributed by atoms with E-state index in [1.165, 1.54) is 5.56 Å². The van der Waals surface area contributed by atoms with Gasteiger partial charge in [0.2, 0.25) is 5.91 Å². The van der Waals surface area contributed by atoms with Gasteiger partial charge in [-0.25, -0.2) is 0 Å². The monoisotopic (exact) mass is 446 g/mol. The van der Waals surface area contributed by atoms with Crippen molar-refractivity contribution in [2.24, 2.45) is 4.99 Å². The molecule has 5 nitrogen and oxygen atoms in total. The first-order valence-electron chi connectivity index (χ1n) is 10.7. The summed E-state index contributed by atoms with van der Waals surface area (Å²) in [6, 6.07) is 23.6. The Labute approximate surface area is 194 Å². The summed E-state index contributed by atoms with van der Waals surface area (Å²) < 4.78 is 0. The van der Waals surface area contributed by atoms with Gasteiger partial charge in [-0.15, -0.1) is 0 Å². The molecule has 1 aliphatic heterocycles. The van der Waals surface area contributed by atoms with E-state index in [2.05, 4.69) is 34.7 Å². The Hall–Kier alpha value is -2.99. The van der Waals surface area contributed by atoms with Gasteiger partial charge in [-0.2, -0.15) is 0 Å². The molecule has 0 bridgehead atoms. The Morgan fingerprint density at radius 3 is 2.56 bits per heavy atom. The quantitative estimate of drug-likeness (QED) is 0.486. The Balaban J connectivity index is 1.66. The topological polar surface area (TPSA) is 56.7 Å². The van der Waals surface area contributed by atoms with E-state index in [1.807, 2.05) is 61.6 Å². The van der Waals surface area contributed by atoms with Crippen LogP contribution in [-0.4, -0.2) is 43.7 Å². The number of carbonyl (C=O) groups excluding carboxylic acids is 1. The van der Waals surface area contributed by atoms with E-state index in [1.54, 1.807) is 6.07 Å². The lowest BCUT2D eigenvalue weighted by Gasteiger charge is -2.16. The Bertz CT molecular complexity index is 1110. The van der Waals surface area contributed by atoms with Crippen LogP contribution in [0.15, 0.2) is 77.8 Å². The van der Waals surface area contributed by atoms with Crippen molar-refractivity contribution >= 4 is 34.6 Å². The highest BCUT2D eigenvalue weighted by molar-refractivity contribution is 6.31. The minimum Gasteiger partial charge on any atom is -0.325 e. The van der Waals surface area contributed by atoms with Crippen LogP contribution in [0.5, 0.6) is 0 Å². The summed E-state index contributed by atoms with van der Waals surface area (Å²) in [6.45, 7) is 2.81. The third-order valence-electron chi connectivity index (χ3n) is 5.57. The van der Waals surface area contributed by atoms with Crippen LogP contribution in [0, 0.1) is 0 Å². The van der Waals surface area contributed by atoms with Gasteiger partial charge in [-0.05, 0) is 55.1 Å². The van der Waals surface area contributed by atoms with Gasteiger partial charge in [0, 0.05) is 30.3 Å². The van der Waals surface area contributed by atoms with Crippen LogP contribution in [0.3, 0.4) is 0 Å². The highest BCUT2D eigenvalue weighted by atomic mass is 35.5. The highest BCUT2D eigenvalue weighted by Crippen LogP contribution is 2.37. The minimum absolute atomic E-state index is 0.0901.